The van der Waals surface area contributed by atoms with Crippen LogP contribution in [0.3, 0.4) is 0 Å². The summed E-state index contributed by atoms with van der Waals surface area (Å²) in [7, 11) is 0. The molecule has 0 atom stereocenters. The van der Waals surface area contributed by atoms with Gasteiger partial charge in [0.25, 0.3) is 0 Å². The van der Waals surface area contributed by atoms with E-state index in [1.54, 1.807) is 6.92 Å². The minimum atomic E-state index is -0.993. The predicted molar refractivity (Wildman–Crippen MR) is 40.1 cm³/mol. The van der Waals surface area contributed by atoms with Crippen molar-refractivity contribution >= 4 is 11.9 Å². The van der Waals surface area contributed by atoms with E-state index < -0.39 is 5.97 Å². The van der Waals surface area contributed by atoms with Crippen molar-refractivity contribution in [2.45, 2.75) is 13.8 Å². The summed E-state index contributed by atoms with van der Waals surface area (Å²) < 4.78 is 0. The zero-order valence-electron chi connectivity index (χ0n) is 6.55. The van der Waals surface area contributed by atoms with Gasteiger partial charge in [-0.05, 0) is 12.5 Å². The molecule has 0 aromatic heterocycles. The summed E-state index contributed by atoms with van der Waals surface area (Å²) in [4.78, 5) is 20.4. The number of carboxylic acids is 1. The molecule has 0 bridgehead atoms. The van der Waals surface area contributed by atoms with Gasteiger partial charge in [0.1, 0.15) is 0 Å². The minimum absolute atomic E-state index is 0.164. The third-order valence-corrected chi connectivity index (χ3v) is 0.986. The molecule has 0 saturated carbocycles. The molecule has 2 N–H and O–H groups in total. The van der Waals surface area contributed by atoms with Gasteiger partial charge in [-0.2, -0.15) is 0 Å². The number of nitrogens with one attached hydrogen (secondary N) is 1. The molecule has 1 amide bonds. The van der Waals surface area contributed by atoms with Crippen LogP contribution in [0.4, 0.5) is 0 Å². The van der Waals surface area contributed by atoms with Gasteiger partial charge in [-0.25, -0.2) is 4.79 Å². The first kappa shape index (κ1) is 9.68. The largest absolute Gasteiger partial charge is 0.478 e. The monoisotopic (exact) mass is 157 g/mol. The minimum Gasteiger partial charge on any atom is -0.478 e. The number of aliphatic carboxylic acids is 1. The van der Waals surface area contributed by atoms with Crippen molar-refractivity contribution in [1.82, 2.24) is 5.32 Å². The van der Waals surface area contributed by atoms with E-state index in [4.69, 9.17) is 5.11 Å². The third kappa shape index (κ3) is 6.57. The lowest BCUT2D eigenvalue weighted by atomic mass is 10.3. The van der Waals surface area contributed by atoms with Crippen LogP contribution in [0.5, 0.6) is 0 Å². The van der Waals surface area contributed by atoms with Crippen LogP contribution in [0.25, 0.3) is 0 Å². The SMILES string of the molecule is CC(=O)NC/C(C)=C/C(=O)O. The first-order chi connectivity index (χ1) is 5.02. The number of hydrogen-bond acceptors (Lipinski definition) is 2. The smallest absolute Gasteiger partial charge is 0.328 e. The van der Waals surface area contributed by atoms with Crippen LogP contribution in [0, 0.1) is 0 Å². The first-order valence-electron chi connectivity index (χ1n) is 3.17. The fourth-order valence-corrected chi connectivity index (χ4v) is 0.526. The molecule has 0 heterocycles. The highest BCUT2D eigenvalue weighted by Crippen LogP contribution is 1.88. The number of hydrogen-bond donors (Lipinski definition) is 2. The van der Waals surface area contributed by atoms with Gasteiger partial charge in [-0.3, -0.25) is 4.79 Å². The van der Waals surface area contributed by atoms with Crippen molar-refractivity contribution in [3.05, 3.63) is 11.6 Å². The Hall–Kier alpha value is -1.32. The van der Waals surface area contributed by atoms with Crippen molar-refractivity contribution < 1.29 is 14.7 Å². The summed E-state index contributed by atoms with van der Waals surface area (Å²) >= 11 is 0. The number of carboxylic acid groups (broad SMARTS) is 1. The summed E-state index contributed by atoms with van der Waals surface area (Å²) in [6, 6.07) is 0. The predicted octanol–water partition coefficient (Wildman–Crippen LogP) is 0.153. The van der Waals surface area contributed by atoms with Gasteiger partial charge in [0.2, 0.25) is 5.91 Å². The second-order valence-electron chi connectivity index (χ2n) is 2.24. The molecule has 0 spiro atoms. The zero-order chi connectivity index (χ0) is 8.85. The molecule has 0 unspecified atom stereocenters. The molecular formula is C7H11NO3. The van der Waals surface area contributed by atoms with Crippen molar-refractivity contribution in [3.8, 4) is 0 Å². The Kier molecular flexibility index (Phi) is 3.95. The Morgan fingerprint density at radius 2 is 2.00 bits per heavy atom. The molecule has 0 rings (SSSR count). The highest BCUT2D eigenvalue weighted by Gasteiger charge is 1.94. The average Bonchev–Trinajstić information content (AvgIpc) is 1.82. The summed E-state index contributed by atoms with van der Waals surface area (Å²) in [5.74, 6) is -1.16. The topological polar surface area (TPSA) is 66.4 Å². The first-order valence-corrected chi connectivity index (χ1v) is 3.17. The van der Waals surface area contributed by atoms with Crippen molar-refractivity contribution in [2.24, 2.45) is 0 Å². The highest BCUT2D eigenvalue weighted by atomic mass is 16.4. The molecule has 4 heteroatoms. The zero-order valence-corrected chi connectivity index (χ0v) is 6.55. The van der Waals surface area contributed by atoms with Crippen molar-refractivity contribution in [3.63, 3.8) is 0 Å². The molecule has 4 nitrogen and oxygen atoms in total. The van der Waals surface area contributed by atoms with E-state index in [9.17, 15) is 9.59 Å². The quantitative estimate of drug-likeness (QED) is 0.573. The van der Waals surface area contributed by atoms with E-state index in [2.05, 4.69) is 5.32 Å². The van der Waals surface area contributed by atoms with E-state index in [1.165, 1.54) is 6.92 Å². The van der Waals surface area contributed by atoms with Gasteiger partial charge < -0.3 is 10.4 Å². The number of carbonyl (C=O) groups excluding carboxylic acids is 1. The standard InChI is InChI=1S/C7H11NO3/c1-5(3-7(10)11)4-8-6(2)9/h3H,4H2,1-2H3,(H,8,9)(H,10,11)/b5-3+. The van der Waals surface area contributed by atoms with Crippen LogP contribution >= 0.6 is 0 Å². The average molecular weight is 157 g/mol. The Labute approximate surface area is 64.9 Å². The van der Waals surface area contributed by atoms with E-state index in [0.717, 1.165) is 6.08 Å². The Morgan fingerprint density at radius 1 is 1.45 bits per heavy atom. The van der Waals surface area contributed by atoms with Crippen LogP contribution < -0.4 is 5.32 Å². The van der Waals surface area contributed by atoms with Gasteiger partial charge in [0, 0.05) is 19.5 Å². The molecule has 0 aromatic rings. The fourth-order valence-electron chi connectivity index (χ4n) is 0.526. The highest BCUT2D eigenvalue weighted by molar-refractivity contribution is 5.81. The maximum Gasteiger partial charge on any atom is 0.328 e. The molecule has 0 aliphatic carbocycles. The fraction of sp³-hybridized carbons (Fsp3) is 0.429. The summed E-state index contributed by atoms with van der Waals surface area (Å²) in [6.45, 7) is 3.32. The van der Waals surface area contributed by atoms with E-state index in [-0.39, 0.29) is 5.91 Å². The number of rotatable bonds is 3. The van der Waals surface area contributed by atoms with Crippen molar-refractivity contribution in [2.75, 3.05) is 6.54 Å². The van der Waals surface area contributed by atoms with Crippen LogP contribution in [-0.4, -0.2) is 23.5 Å². The Morgan fingerprint density at radius 3 is 2.36 bits per heavy atom. The van der Waals surface area contributed by atoms with Gasteiger partial charge in [0.15, 0.2) is 0 Å². The molecule has 0 aromatic carbocycles. The Bertz CT molecular complexity index is 196. The maximum absolute atomic E-state index is 10.3. The lowest BCUT2D eigenvalue weighted by Gasteiger charge is -1.99. The van der Waals surface area contributed by atoms with Crippen LogP contribution in [-0.2, 0) is 9.59 Å². The van der Waals surface area contributed by atoms with Gasteiger partial charge in [-0.15, -0.1) is 0 Å². The molecule has 0 aliphatic rings. The normalized spacial score (nSPS) is 10.9. The van der Waals surface area contributed by atoms with Crippen LogP contribution in [0.1, 0.15) is 13.8 Å². The lowest BCUT2D eigenvalue weighted by Crippen LogP contribution is -2.21. The van der Waals surface area contributed by atoms with E-state index in [1.807, 2.05) is 0 Å². The maximum atomic E-state index is 10.3. The van der Waals surface area contributed by atoms with Crippen LogP contribution in [0.15, 0.2) is 11.6 Å². The van der Waals surface area contributed by atoms with E-state index >= 15 is 0 Å². The molecule has 0 radical (unpaired) electrons. The Balaban J connectivity index is 3.77. The summed E-state index contributed by atoms with van der Waals surface area (Å²) in [5.41, 5.74) is 0.618. The lowest BCUT2D eigenvalue weighted by molar-refractivity contribution is -0.131. The number of carbonyl (C=O) groups is 2. The molecule has 62 valence electrons. The molecule has 0 aliphatic heterocycles. The van der Waals surface area contributed by atoms with Gasteiger partial charge in [-0.1, -0.05) is 0 Å². The van der Waals surface area contributed by atoms with Gasteiger partial charge >= 0.3 is 5.97 Å². The molecule has 0 saturated heterocycles. The van der Waals surface area contributed by atoms with E-state index in [0.29, 0.717) is 12.1 Å². The third-order valence-electron chi connectivity index (χ3n) is 0.986. The molecule has 11 heavy (non-hydrogen) atoms. The molecule has 0 fully saturated rings. The molecular weight excluding hydrogens is 146 g/mol. The summed E-state index contributed by atoms with van der Waals surface area (Å²) in [6.07, 6.45) is 1.07. The summed E-state index contributed by atoms with van der Waals surface area (Å²) in [5, 5.41) is 10.7. The van der Waals surface area contributed by atoms with Gasteiger partial charge in [0.05, 0.1) is 0 Å². The van der Waals surface area contributed by atoms with Crippen molar-refractivity contribution in [1.29, 1.82) is 0 Å². The second-order valence-corrected chi connectivity index (χ2v) is 2.24. The van der Waals surface area contributed by atoms with Crippen LogP contribution in [0.2, 0.25) is 0 Å². The number of amides is 1. The second kappa shape index (κ2) is 4.49.